The lowest BCUT2D eigenvalue weighted by Gasteiger charge is -2.35. The number of rotatable bonds is 3. The van der Waals surface area contributed by atoms with Crippen LogP contribution >= 0.6 is 0 Å². The van der Waals surface area contributed by atoms with Crippen LogP contribution in [0.5, 0.6) is 5.75 Å². The number of benzene rings is 1. The van der Waals surface area contributed by atoms with Gasteiger partial charge in [0.2, 0.25) is 0 Å². The van der Waals surface area contributed by atoms with Gasteiger partial charge >= 0.3 is 0 Å². The van der Waals surface area contributed by atoms with Gasteiger partial charge in [-0.1, -0.05) is 12.1 Å². The molecule has 0 bridgehead atoms. The van der Waals surface area contributed by atoms with Gasteiger partial charge < -0.3 is 15.0 Å². The molecule has 2 rings (SSSR count). The van der Waals surface area contributed by atoms with Gasteiger partial charge in [0, 0.05) is 25.7 Å². The van der Waals surface area contributed by atoms with Crippen molar-refractivity contribution >= 4 is 5.91 Å². The number of nitrogens with zero attached hydrogens (tertiary/aromatic N) is 1. The quantitative estimate of drug-likeness (QED) is 0.899. The van der Waals surface area contributed by atoms with E-state index in [0.29, 0.717) is 6.54 Å². The van der Waals surface area contributed by atoms with Gasteiger partial charge in [0.1, 0.15) is 0 Å². The summed E-state index contributed by atoms with van der Waals surface area (Å²) in [5, 5.41) is 3.22. The fraction of sp³-hybridized carbons (Fsp3) is 0.500. The highest BCUT2D eigenvalue weighted by Gasteiger charge is 2.28. The molecule has 19 heavy (non-hydrogen) atoms. The third kappa shape index (κ3) is 3.23. The van der Waals surface area contributed by atoms with Crippen LogP contribution in [0.3, 0.4) is 0 Å². The average Bonchev–Trinajstić information content (AvgIpc) is 2.41. The third-order valence-electron chi connectivity index (χ3n) is 3.27. The van der Waals surface area contributed by atoms with E-state index < -0.39 is 11.9 Å². The topological polar surface area (TPSA) is 41.6 Å². The van der Waals surface area contributed by atoms with Gasteiger partial charge in [-0.2, -0.15) is 0 Å². The van der Waals surface area contributed by atoms with Crippen LogP contribution in [0, 0.1) is 5.82 Å². The molecule has 0 aromatic heterocycles. The first-order chi connectivity index (χ1) is 9.09. The van der Waals surface area contributed by atoms with Crippen LogP contribution in [-0.2, 0) is 4.79 Å². The van der Waals surface area contributed by atoms with Gasteiger partial charge in [-0.05, 0) is 26.0 Å². The summed E-state index contributed by atoms with van der Waals surface area (Å²) in [4.78, 5) is 14.1. The summed E-state index contributed by atoms with van der Waals surface area (Å²) in [5.74, 6) is -0.432. The molecule has 1 heterocycles. The molecular formula is C14H19FN2O2. The molecule has 1 aromatic carbocycles. The van der Waals surface area contributed by atoms with Crippen molar-refractivity contribution in [1.29, 1.82) is 0 Å². The Morgan fingerprint density at radius 1 is 1.53 bits per heavy atom. The van der Waals surface area contributed by atoms with Gasteiger partial charge in [-0.15, -0.1) is 0 Å². The molecule has 1 saturated heterocycles. The second-order valence-corrected chi connectivity index (χ2v) is 4.78. The molecule has 1 unspecified atom stereocenters. The minimum atomic E-state index is -0.683. The van der Waals surface area contributed by atoms with E-state index in [1.807, 2.05) is 6.92 Å². The lowest BCUT2D eigenvalue weighted by Crippen LogP contribution is -2.55. The Bertz CT molecular complexity index is 453. The summed E-state index contributed by atoms with van der Waals surface area (Å²) in [6.07, 6.45) is -0.683. The van der Waals surface area contributed by atoms with E-state index in [9.17, 15) is 9.18 Å². The molecule has 1 amide bonds. The molecule has 0 aliphatic carbocycles. The predicted octanol–water partition coefficient (Wildman–Crippen LogP) is 1.41. The Balaban J connectivity index is 2.01. The number of amides is 1. The number of hydrogen-bond donors (Lipinski definition) is 1. The van der Waals surface area contributed by atoms with E-state index in [4.69, 9.17) is 4.74 Å². The second kappa shape index (κ2) is 6.02. The lowest BCUT2D eigenvalue weighted by molar-refractivity contribution is -0.140. The number of hydrogen-bond acceptors (Lipinski definition) is 3. The summed E-state index contributed by atoms with van der Waals surface area (Å²) >= 11 is 0. The Kier molecular flexibility index (Phi) is 4.37. The zero-order chi connectivity index (χ0) is 13.8. The molecule has 104 valence electrons. The normalized spacial score (nSPS) is 21.0. The Morgan fingerprint density at radius 2 is 2.26 bits per heavy atom. The average molecular weight is 266 g/mol. The molecule has 1 aromatic rings. The summed E-state index contributed by atoms with van der Waals surface area (Å²) in [6.45, 7) is 5.86. The molecule has 0 saturated carbocycles. The lowest BCUT2D eigenvalue weighted by atomic mass is 10.2. The molecule has 5 heteroatoms. The maximum Gasteiger partial charge on any atom is 0.263 e. The SMILES string of the molecule is CC(Oc1ccccc1F)C(=O)N1CCNC[C@@H]1C. The Hall–Kier alpha value is -1.62. The van der Waals surface area contributed by atoms with Crippen LogP contribution < -0.4 is 10.1 Å². The van der Waals surface area contributed by atoms with Crippen molar-refractivity contribution < 1.29 is 13.9 Å². The molecule has 2 atom stereocenters. The van der Waals surface area contributed by atoms with E-state index in [0.717, 1.165) is 13.1 Å². The number of halogens is 1. The highest BCUT2D eigenvalue weighted by Crippen LogP contribution is 2.18. The fourth-order valence-electron chi connectivity index (χ4n) is 2.18. The molecular weight excluding hydrogens is 247 g/mol. The van der Waals surface area contributed by atoms with Crippen molar-refractivity contribution in [2.24, 2.45) is 0 Å². The Labute approximate surface area is 112 Å². The smallest absolute Gasteiger partial charge is 0.263 e. The number of ether oxygens (including phenoxy) is 1. The van der Waals surface area contributed by atoms with Crippen LogP contribution in [0.15, 0.2) is 24.3 Å². The number of carbonyl (C=O) groups is 1. The zero-order valence-corrected chi connectivity index (χ0v) is 11.2. The molecule has 0 spiro atoms. The van der Waals surface area contributed by atoms with Crippen molar-refractivity contribution in [1.82, 2.24) is 10.2 Å². The van der Waals surface area contributed by atoms with Crippen LogP contribution in [-0.4, -0.2) is 42.6 Å². The summed E-state index contributed by atoms with van der Waals surface area (Å²) in [7, 11) is 0. The van der Waals surface area contributed by atoms with Crippen molar-refractivity contribution in [3.63, 3.8) is 0 Å². The monoisotopic (exact) mass is 266 g/mol. The molecule has 1 N–H and O–H groups in total. The predicted molar refractivity (Wildman–Crippen MR) is 70.5 cm³/mol. The highest BCUT2D eigenvalue weighted by molar-refractivity contribution is 5.81. The van der Waals surface area contributed by atoms with Crippen molar-refractivity contribution in [2.45, 2.75) is 26.0 Å². The summed E-state index contributed by atoms with van der Waals surface area (Å²) < 4.78 is 18.9. The van der Waals surface area contributed by atoms with E-state index >= 15 is 0 Å². The maximum atomic E-state index is 13.5. The molecule has 4 nitrogen and oxygen atoms in total. The second-order valence-electron chi connectivity index (χ2n) is 4.78. The van der Waals surface area contributed by atoms with Gasteiger partial charge in [-0.3, -0.25) is 4.79 Å². The molecule has 1 aliphatic rings. The highest BCUT2D eigenvalue weighted by atomic mass is 19.1. The number of piperazine rings is 1. The van der Waals surface area contributed by atoms with Gasteiger partial charge in [-0.25, -0.2) is 4.39 Å². The van der Waals surface area contributed by atoms with Gasteiger partial charge in [0.25, 0.3) is 5.91 Å². The largest absolute Gasteiger partial charge is 0.478 e. The van der Waals surface area contributed by atoms with Gasteiger partial charge in [0.05, 0.1) is 0 Å². The molecule has 1 fully saturated rings. The van der Waals surface area contributed by atoms with Crippen molar-refractivity contribution in [3.8, 4) is 5.75 Å². The first kappa shape index (κ1) is 13.8. The van der Waals surface area contributed by atoms with E-state index in [2.05, 4.69) is 5.32 Å². The number of carbonyl (C=O) groups excluding carboxylic acids is 1. The van der Waals surface area contributed by atoms with E-state index in [1.165, 1.54) is 12.1 Å². The summed E-state index contributed by atoms with van der Waals surface area (Å²) in [5.41, 5.74) is 0. The maximum absolute atomic E-state index is 13.5. The standard InChI is InChI=1S/C14H19FN2O2/c1-10-9-16-7-8-17(10)14(18)11(2)19-13-6-4-3-5-12(13)15/h3-6,10-11,16H,7-9H2,1-2H3/t10-,11?/m0/s1. The number of para-hydroxylation sites is 1. The van der Waals surface area contributed by atoms with Crippen LogP contribution in [0.2, 0.25) is 0 Å². The minimum Gasteiger partial charge on any atom is -0.478 e. The van der Waals surface area contributed by atoms with E-state index in [-0.39, 0.29) is 17.7 Å². The summed E-state index contributed by atoms with van der Waals surface area (Å²) in [6, 6.07) is 6.25. The van der Waals surface area contributed by atoms with Crippen LogP contribution in [0.4, 0.5) is 4.39 Å². The van der Waals surface area contributed by atoms with Crippen molar-refractivity contribution in [3.05, 3.63) is 30.1 Å². The first-order valence-corrected chi connectivity index (χ1v) is 6.52. The first-order valence-electron chi connectivity index (χ1n) is 6.52. The number of nitrogens with one attached hydrogen (secondary N) is 1. The minimum absolute atomic E-state index is 0.0998. The van der Waals surface area contributed by atoms with Crippen LogP contribution in [0.25, 0.3) is 0 Å². The Morgan fingerprint density at radius 3 is 2.95 bits per heavy atom. The van der Waals surface area contributed by atoms with E-state index in [1.54, 1.807) is 24.0 Å². The van der Waals surface area contributed by atoms with Crippen molar-refractivity contribution in [2.75, 3.05) is 19.6 Å². The zero-order valence-electron chi connectivity index (χ0n) is 11.2. The van der Waals surface area contributed by atoms with Gasteiger partial charge in [0.15, 0.2) is 17.7 Å². The third-order valence-corrected chi connectivity index (χ3v) is 3.27. The molecule has 0 radical (unpaired) electrons. The van der Waals surface area contributed by atoms with Crippen LogP contribution in [0.1, 0.15) is 13.8 Å². The fourth-order valence-corrected chi connectivity index (χ4v) is 2.18. The molecule has 1 aliphatic heterocycles.